The van der Waals surface area contributed by atoms with Crippen molar-refractivity contribution in [2.24, 2.45) is 0 Å². The molecule has 150 valence electrons. The van der Waals surface area contributed by atoms with Crippen LogP contribution in [0.15, 0.2) is 53.2 Å². The molecule has 1 saturated heterocycles. The van der Waals surface area contributed by atoms with Gasteiger partial charge in [-0.3, -0.25) is 4.79 Å². The number of nitrogens with zero attached hydrogens (tertiary/aromatic N) is 3. The van der Waals surface area contributed by atoms with Gasteiger partial charge in [0, 0.05) is 25.7 Å². The third-order valence-electron chi connectivity index (χ3n) is 5.13. The van der Waals surface area contributed by atoms with Crippen LogP contribution in [0.4, 0.5) is 0 Å². The highest BCUT2D eigenvalue weighted by Crippen LogP contribution is 2.29. The predicted molar refractivity (Wildman–Crippen MR) is 106 cm³/mol. The smallest absolute Gasteiger partial charge is 0.276 e. The zero-order valence-electron chi connectivity index (χ0n) is 16.2. The summed E-state index contributed by atoms with van der Waals surface area (Å²) in [7, 11) is 1.65. The van der Waals surface area contributed by atoms with E-state index >= 15 is 0 Å². The lowest BCUT2D eigenvalue weighted by Gasteiger charge is -2.31. The van der Waals surface area contributed by atoms with Crippen LogP contribution in [0.5, 0.6) is 11.5 Å². The molecule has 3 aromatic rings. The number of carbonyl (C=O) groups excluding carboxylic acids is 1. The van der Waals surface area contributed by atoms with Gasteiger partial charge in [0.05, 0.1) is 19.2 Å². The molecule has 0 bridgehead atoms. The van der Waals surface area contributed by atoms with Gasteiger partial charge in [0.15, 0.2) is 11.6 Å². The number of aromatic nitrogens is 2. The van der Waals surface area contributed by atoms with E-state index in [1.54, 1.807) is 24.3 Å². The van der Waals surface area contributed by atoms with E-state index in [0.29, 0.717) is 25.4 Å². The summed E-state index contributed by atoms with van der Waals surface area (Å²) in [5.74, 6) is 1.89. The Hall–Kier alpha value is -3.35. The molecule has 29 heavy (non-hydrogen) atoms. The van der Waals surface area contributed by atoms with Crippen molar-refractivity contribution in [3.05, 3.63) is 71.7 Å². The number of hydrogen-bond donors (Lipinski definition) is 1. The number of pyridine rings is 1. The highest BCUT2D eigenvalue weighted by atomic mass is 16.5. The van der Waals surface area contributed by atoms with Gasteiger partial charge in [0.1, 0.15) is 17.3 Å². The molecule has 1 fully saturated rings. The standard InChI is InChI=1S/C22H23N3O4/c1-28-17-7-2-5-15(11-17)12-18-13-24-21(29-18)16-6-4-10-25(14-16)22(27)20-19(26)8-3-9-23-20/h2-3,5,7-9,11,13,16,26H,4,6,10,12,14H2,1H3/t16-/m0/s1. The maximum Gasteiger partial charge on any atom is 0.276 e. The summed E-state index contributed by atoms with van der Waals surface area (Å²) in [4.78, 5) is 22.9. The summed E-state index contributed by atoms with van der Waals surface area (Å²) in [6, 6.07) is 10.9. The topological polar surface area (TPSA) is 88.7 Å². The van der Waals surface area contributed by atoms with Crippen molar-refractivity contribution in [1.29, 1.82) is 0 Å². The molecule has 1 amide bonds. The van der Waals surface area contributed by atoms with Crippen molar-refractivity contribution in [3.8, 4) is 11.5 Å². The Morgan fingerprint density at radius 2 is 2.21 bits per heavy atom. The highest BCUT2D eigenvalue weighted by Gasteiger charge is 2.30. The Labute approximate surface area is 169 Å². The number of oxazole rings is 1. The second-order valence-corrected chi connectivity index (χ2v) is 7.15. The third-order valence-corrected chi connectivity index (χ3v) is 5.13. The molecule has 1 N–H and O–H groups in total. The van der Waals surface area contributed by atoms with Crippen LogP contribution in [-0.2, 0) is 6.42 Å². The first-order valence-electron chi connectivity index (χ1n) is 9.65. The average molecular weight is 393 g/mol. The maximum atomic E-state index is 12.7. The van der Waals surface area contributed by atoms with E-state index in [2.05, 4.69) is 9.97 Å². The number of methoxy groups -OCH3 is 1. The number of aromatic hydroxyl groups is 1. The summed E-state index contributed by atoms with van der Waals surface area (Å²) in [6.07, 6.45) is 5.63. The fourth-order valence-electron chi connectivity index (χ4n) is 3.65. The van der Waals surface area contributed by atoms with Crippen molar-refractivity contribution < 1.29 is 19.1 Å². The van der Waals surface area contributed by atoms with Gasteiger partial charge in [-0.1, -0.05) is 12.1 Å². The molecule has 3 heterocycles. The van der Waals surface area contributed by atoms with Gasteiger partial charge >= 0.3 is 0 Å². The monoisotopic (exact) mass is 393 g/mol. The molecular weight excluding hydrogens is 370 g/mol. The fourth-order valence-corrected chi connectivity index (χ4v) is 3.65. The van der Waals surface area contributed by atoms with Crippen molar-refractivity contribution in [3.63, 3.8) is 0 Å². The molecule has 0 saturated carbocycles. The van der Waals surface area contributed by atoms with Crippen molar-refractivity contribution >= 4 is 5.91 Å². The van der Waals surface area contributed by atoms with Crippen LogP contribution >= 0.6 is 0 Å². The predicted octanol–water partition coefficient (Wildman–Crippen LogP) is 3.39. The summed E-state index contributed by atoms with van der Waals surface area (Å²) >= 11 is 0. The lowest BCUT2D eigenvalue weighted by atomic mass is 9.97. The molecule has 0 spiro atoms. The van der Waals surface area contributed by atoms with Crippen LogP contribution in [0.1, 0.15) is 46.5 Å². The molecule has 1 atom stereocenters. The van der Waals surface area contributed by atoms with E-state index in [4.69, 9.17) is 9.15 Å². The number of benzene rings is 1. The van der Waals surface area contributed by atoms with Crippen LogP contribution in [0.3, 0.4) is 0 Å². The minimum atomic E-state index is -0.268. The first-order chi connectivity index (χ1) is 14.1. The second-order valence-electron chi connectivity index (χ2n) is 7.15. The first kappa shape index (κ1) is 19.0. The van der Waals surface area contributed by atoms with Gasteiger partial charge in [-0.05, 0) is 42.7 Å². The van der Waals surface area contributed by atoms with Gasteiger partial charge in [-0.2, -0.15) is 0 Å². The normalized spacial score (nSPS) is 16.6. The molecule has 1 aliphatic rings. The largest absolute Gasteiger partial charge is 0.505 e. The SMILES string of the molecule is COc1cccc(Cc2cnc([C@H]3CCCN(C(=O)c4ncccc4O)C3)o2)c1. The number of piperidine rings is 1. The van der Waals surface area contributed by atoms with Gasteiger partial charge in [-0.15, -0.1) is 0 Å². The number of carbonyl (C=O) groups is 1. The number of rotatable bonds is 5. The molecular formula is C22H23N3O4. The van der Waals surface area contributed by atoms with E-state index < -0.39 is 0 Å². The summed E-state index contributed by atoms with van der Waals surface area (Å²) in [5.41, 5.74) is 1.16. The van der Waals surface area contributed by atoms with Gasteiger partial charge in [0.25, 0.3) is 5.91 Å². The van der Waals surface area contributed by atoms with E-state index in [0.717, 1.165) is 29.9 Å². The lowest BCUT2D eigenvalue weighted by molar-refractivity contribution is 0.0688. The zero-order chi connectivity index (χ0) is 20.2. The summed E-state index contributed by atoms with van der Waals surface area (Å²) in [6.45, 7) is 1.12. The second kappa shape index (κ2) is 8.34. The summed E-state index contributed by atoms with van der Waals surface area (Å²) in [5, 5.41) is 9.93. The summed E-state index contributed by atoms with van der Waals surface area (Å²) < 4.78 is 11.3. The quantitative estimate of drug-likeness (QED) is 0.715. The van der Waals surface area contributed by atoms with Gasteiger partial charge < -0.3 is 19.2 Å². The van der Waals surface area contributed by atoms with Crippen molar-refractivity contribution in [2.45, 2.75) is 25.2 Å². The van der Waals surface area contributed by atoms with Crippen LogP contribution < -0.4 is 4.74 Å². The van der Waals surface area contributed by atoms with E-state index in [1.807, 2.05) is 24.3 Å². The Bertz CT molecular complexity index is 1000. The number of hydrogen-bond acceptors (Lipinski definition) is 6. The Morgan fingerprint density at radius 3 is 3.03 bits per heavy atom. The van der Waals surface area contributed by atoms with Crippen LogP contribution in [0.2, 0.25) is 0 Å². The molecule has 1 aromatic carbocycles. The van der Waals surface area contributed by atoms with E-state index in [-0.39, 0.29) is 23.3 Å². The average Bonchev–Trinajstić information content (AvgIpc) is 3.22. The molecule has 0 radical (unpaired) electrons. The van der Waals surface area contributed by atoms with E-state index in [9.17, 15) is 9.90 Å². The minimum absolute atomic E-state index is 0.0256. The molecule has 1 aliphatic heterocycles. The lowest BCUT2D eigenvalue weighted by Crippen LogP contribution is -2.39. The van der Waals surface area contributed by atoms with Gasteiger partial charge in [0.2, 0.25) is 0 Å². The minimum Gasteiger partial charge on any atom is -0.505 e. The number of ether oxygens (including phenoxy) is 1. The molecule has 4 rings (SSSR count). The molecule has 7 nitrogen and oxygen atoms in total. The third kappa shape index (κ3) is 4.23. The molecule has 0 aliphatic carbocycles. The van der Waals surface area contributed by atoms with E-state index in [1.165, 1.54) is 12.3 Å². The molecule has 7 heteroatoms. The Morgan fingerprint density at radius 1 is 1.31 bits per heavy atom. The Kier molecular flexibility index (Phi) is 5.46. The van der Waals surface area contributed by atoms with Crippen molar-refractivity contribution in [2.75, 3.05) is 20.2 Å². The van der Waals surface area contributed by atoms with Gasteiger partial charge in [-0.25, -0.2) is 9.97 Å². The first-order valence-corrected chi connectivity index (χ1v) is 9.65. The maximum absolute atomic E-state index is 12.7. The highest BCUT2D eigenvalue weighted by molar-refractivity contribution is 5.94. The zero-order valence-corrected chi connectivity index (χ0v) is 16.2. The van der Waals surface area contributed by atoms with Crippen LogP contribution in [0, 0.1) is 0 Å². The number of likely N-dealkylation sites (tertiary alicyclic amines) is 1. The van der Waals surface area contributed by atoms with Crippen LogP contribution in [-0.4, -0.2) is 46.1 Å². The fraction of sp³-hybridized carbons (Fsp3) is 0.318. The van der Waals surface area contributed by atoms with Crippen molar-refractivity contribution in [1.82, 2.24) is 14.9 Å². The Balaban J connectivity index is 1.45. The van der Waals surface area contributed by atoms with Crippen LogP contribution in [0.25, 0.3) is 0 Å². The molecule has 0 unspecified atom stereocenters. The number of amides is 1. The molecule has 2 aromatic heterocycles.